The van der Waals surface area contributed by atoms with E-state index < -0.39 is 8.07 Å². The van der Waals surface area contributed by atoms with E-state index in [-0.39, 0.29) is 12.8 Å². The van der Waals surface area contributed by atoms with Crippen molar-refractivity contribution in [3.05, 3.63) is 59.2 Å². The summed E-state index contributed by atoms with van der Waals surface area (Å²) >= 11 is 3.30. The zero-order valence-electron chi connectivity index (χ0n) is 19.7. The van der Waals surface area contributed by atoms with Crippen LogP contribution in [0.2, 0.25) is 25.7 Å². The molecular formula is C24H35NO4S2Si. The molecule has 0 saturated carbocycles. The van der Waals surface area contributed by atoms with E-state index in [2.05, 4.69) is 36.5 Å². The van der Waals surface area contributed by atoms with Crippen LogP contribution in [0, 0.1) is 0 Å². The molecular weight excluding hydrogens is 458 g/mol. The molecule has 2 aromatic rings. The standard InChI is InChI=1S/C24H35NO4S2Si/c1-27-18-29-22-12-11-19(13-14-25-30-2)21(17-31-20-9-7-6-8-10-20)23(22)24(26)28-15-16-32(3,4)5/h6-12,25H,13-18H2,1-5H3. The number of hydrogen-bond donors (Lipinski definition) is 1. The van der Waals surface area contributed by atoms with Crippen molar-refractivity contribution >= 4 is 37.8 Å². The summed E-state index contributed by atoms with van der Waals surface area (Å²) in [5.74, 6) is 0.842. The van der Waals surface area contributed by atoms with Crippen molar-refractivity contribution in [2.24, 2.45) is 0 Å². The molecule has 0 aliphatic heterocycles. The van der Waals surface area contributed by atoms with Gasteiger partial charge in [0.25, 0.3) is 0 Å². The van der Waals surface area contributed by atoms with Crippen LogP contribution in [0.1, 0.15) is 21.5 Å². The van der Waals surface area contributed by atoms with Gasteiger partial charge in [0, 0.05) is 32.4 Å². The monoisotopic (exact) mass is 493 g/mol. The summed E-state index contributed by atoms with van der Waals surface area (Å²) in [6, 6.07) is 15.0. The second-order valence-electron chi connectivity index (χ2n) is 8.52. The third kappa shape index (κ3) is 9.19. The number of hydrogen-bond acceptors (Lipinski definition) is 7. The van der Waals surface area contributed by atoms with Gasteiger partial charge >= 0.3 is 5.97 Å². The van der Waals surface area contributed by atoms with Crippen LogP contribution < -0.4 is 9.46 Å². The minimum absolute atomic E-state index is 0.0772. The number of ether oxygens (including phenoxy) is 3. The first-order valence-corrected chi connectivity index (χ1v) is 16.6. The maximum Gasteiger partial charge on any atom is 0.342 e. The summed E-state index contributed by atoms with van der Waals surface area (Å²) in [4.78, 5) is 14.4. The van der Waals surface area contributed by atoms with Crippen LogP contribution in [0.3, 0.4) is 0 Å². The predicted octanol–water partition coefficient (Wildman–Crippen LogP) is 5.87. The molecule has 0 unspecified atom stereocenters. The number of methoxy groups -OCH3 is 1. The summed E-state index contributed by atoms with van der Waals surface area (Å²) < 4.78 is 19.9. The van der Waals surface area contributed by atoms with Crippen molar-refractivity contribution in [1.29, 1.82) is 0 Å². The van der Waals surface area contributed by atoms with Gasteiger partial charge in [0.15, 0.2) is 6.79 Å². The highest BCUT2D eigenvalue weighted by Crippen LogP contribution is 2.33. The molecule has 0 fully saturated rings. The second-order valence-corrected chi connectivity index (χ2v) is 15.9. The van der Waals surface area contributed by atoms with Crippen molar-refractivity contribution in [3.8, 4) is 5.75 Å². The highest BCUT2D eigenvalue weighted by molar-refractivity contribution is 7.98. The fourth-order valence-corrected chi connectivity index (χ4v) is 5.03. The van der Waals surface area contributed by atoms with Crippen molar-refractivity contribution in [2.45, 2.75) is 42.8 Å². The zero-order chi connectivity index (χ0) is 23.4. The molecule has 0 spiro atoms. The number of benzene rings is 2. The Labute approximate surface area is 202 Å². The lowest BCUT2D eigenvalue weighted by Crippen LogP contribution is -2.23. The van der Waals surface area contributed by atoms with Gasteiger partial charge < -0.3 is 14.2 Å². The topological polar surface area (TPSA) is 56.8 Å². The molecule has 0 saturated heterocycles. The molecule has 0 aromatic heterocycles. The maximum absolute atomic E-state index is 13.3. The molecule has 1 N–H and O–H groups in total. The smallest absolute Gasteiger partial charge is 0.342 e. The summed E-state index contributed by atoms with van der Waals surface area (Å²) in [5.41, 5.74) is 2.60. The fraction of sp³-hybridized carbons (Fsp3) is 0.458. The minimum Gasteiger partial charge on any atom is -0.467 e. The van der Waals surface area contributed by atoms with Crippen LogP contribution in [0.15, 0.2) is 47.4 Å². The van der Waals surface area contributed by atoms with Gasteiger partial charge in [0.05, 0.1) is 6.61 Å². The van der Waals surface area contributed by atoms with Crippen LogP contribution in [0.25, 0.3) is 0 Å². The van der Waals surface area contributed by atoms with E-state index in [1.807, 2.05) is 36.6 Å². The lowest BCUT2D eigenvalue weighted by molar-refractivity contribution is 0.0436. The molecule has 32 heavy (non-hydrogen) atoms. The highest BCUT2D eigenvalue weighted by Gasteiger charge is 2.23. The van der Waals surface area contributed by atoms with Crippen molar-refractivity contribution < 1.29 is 19.0 Å². The Kier molecular flexibility index (Phi) is 11.7. The SMILES string of the molecule is COCOc1ccc(CCNSC)c(CSc2ccccc2)c1C(=O)OCC[Si](C)(C)C. The summed E-state index contributed by atoms with van der Waals surface area (Å²) in [6.07, 6.45) is 2.82. The highest BCUT2D eigenvalue weighted by atomic mass is 32.2. The molecule has 0 aliphatic rings. The molecule has 0 amide bonds. The van der Waals surface area contributed by atoms with E-state index in [0.717, 1.165) is 35.0 Å². The average molecular weight is 494 g/mol. The molecule has 8 heteroatoms. The van der Waals surface area contributed by atoms with Gasteiger partial charge in [-0.1, -0.05) is 55.9 Å². The van der Waals surface area contributed by atoms with Gasteiger partial charge in [0.1, 0.15) is 11.3 Å². The van der Waals surface area contributed by atoms with E-state index in [9.17, 15) is 4.79 Å². The van der Waals surface area contributed by atoms with E-state index in [1.54, 1.807) is 30.8 Å². The van der Waals surface area contributed by atoms with Gasteiger partial charge in [-0.15, -0.1) is 11.8 Å². The molecule has 0 radical (unpaired) electrons. The van der Waals surface area contributed by atoms with Crippen LogP contribution in [0.5, 0.6) is 5.75 Å². The van der Waals surface area contributed by atoms with Gasteiger partial charge in [-0.05, 0) is 48.0 Å². The third-order valence-electron chi connectivity index (χ3n) is 4.76. The lowest BCUT2D eigenvalue weighted by atomic mass is 9.99. The molecule has 176 valence electrons. The molecule has 5 nitrogen and oxygen atoms in total. The molecule has 0 aliphatic carbocycles. The van der Waals surface area contributed by atoms with Crippen LogP contribution in [0.4, 0.5) is 0 Å². The van der Waals surface area contributed by atoms with E-state index in [4.69, 9.17) is 14.2 Å². The van der Waals surface area contributed by atoms with Crippen molar-refractivity contribution in [3.63, 3.8) is 0 Å². The van der Waals surface area contributed by atoms with Crippen molar-refractivity contribution in [2.75, 3.05) is 33.3 Å². The van der Waals surface area contributed by atoms with Crippen LogP contribution in [-0.4, -0.2) is 47.4 Å². The number of thioether (sulfide) groups is 1. The molecule has 2 rings (SSSR count). The fourth-order valence-electron chi connectivity index (χ4n) is 3.02. The summed E-state index contributed by atoms with van der Waals surface area (Å²) in [5, 5.41) is 0. The number of esters is 1. The van der Waals surface area contributed by atoms with Crippen LogP contribution in [-0.2, 0) is 21.6 Å². The van der Waals surface area contributed by atoms with E-state index in [1.165, 1.54) is 0 Å². The number of rotatable bonds is 14. The predicted molar refractivity (Wildman–Crippen MR) is 139 cm³/mol. The first kappa shape index (κ1) is 26.8. The zero-order valence-corrected chi connectivity index (χ0v) is 22.4. The van der Waals surface area contributed by atoms with Gasteiger partial charge in [-0.2, -0.15) is 0 Å². The first-order chi connectivity index (χ1) is 15.4. The summed E-state index contributed by atoms with van der Waals surface area (Å²) in [7, 11) is 0.262. The van der Waals surface area contributed by atoms with Crippen LogP contribution >= 0.6 is 23.7 Å². The Morgan fingerprint density at radius 1 is 1.09 bits per heavy atom. The quantitative estimate of drug-likeness (QED) is 0.0882. The Hall–Kier alpha value is -1.45. The van der Waals surface area contributed by atoms with E-state index in [0.29, 0.717) is 23.7 Å². The molecule has 2 aromatic carbocycles. The number of carbonyl (C=O) groups excluding carboxylic acids is 1. The average Bonchev–Trinajstić information content (AvgIpc) is 2.76. The third-order valence-corrected chi connectivity index (χ3v) is 8.00. The normalized spacial score (nSPS) is 11.4. The van der Waals surface area contributed by atoms with Gasteiger partial charge in [0.2, 0.25) is 0 Å². The van der Waals surface area contributed by atoms with Gasteiger partial charge in [-0.3, -0.25) is 4.72 Å². The molecule has 0 atom stereocenters. The number of carbonyl (C=O) groups is 1. The lowest BCUT2D eigenvalue weighted by Gasteiger charge is -2.20. The minimum atomic E-state index is -1.31. The summed E-state index contributed by atoms with van der Waals surface area (Å²) in [6.45, 7) is 8.14. The van der Waals surface area contributed by atoms with Gasteiger partial charge in [-0.25, -0.2) is 4.79 Å². The largest absolute Gasteiger partial charge is 0.467 e. The Morgan fingerprint density at radius 2 is 1.84 bits per heavy atom. The Balaban J connectivity index is 2.37. The van der Waals surface area contributed by atoms with Crippen molar-refractivity contribution in [1.82, 2.24) is 4.72 Å². The second kappa shape index (κ2) is 13.9. The Bertz CT molecular complexity index is 844. The Morgan fingerprint density at radius 3 is 2.50 bits per heavy atom. The molecule has 0 heterocycles. The number of nitrogens with one attached hydrogen (secondary N) is 1. The molecule has 0 bridgehead atoms. The maximum atomic E-state index is 13.3. The van der Waals surface area contributed by atoms with E-state index >= 15 is 0 Å². The first-order valence-electron chi connectivity index (χ1n) is 10.7.